The topological polar surface area (TPSA) is 78.7 Å². The lowest BCUT2D eigenvalue weighted by Gasteiger charge is -2.26. The molecule has 2 rings (SSSR count). The first-order chi connectivity index (χ1) is 8.81. The molecule has 1 fully saturated rings. The minimum Gasteiger partial charge on any atom is -0.335 e. The van der Waals surface area contributed by atoms with Crippen molar-refractivity contribution in [1.82, 2.24) is 15.3 Å². The molecule has 1 aromatic heterocycles. The van der Waals surface area contributed by atoms with E-state index in [2.05, 4.69) is 21.4 Å². The first-order valence-corrected chi connectivity index (χ1v) is 6.28. The van der Waals surface area contributed by atoms with Gasteiger partial charge >= 0.3 is 0 Å². The van der Waals surface area contributed by atoms with E-state index < -0.39 is 6.04 Å². The van der Waals surface area contributed by atoms with Gasteiger partial charge in [0.2, 0.25) is 0 Å². The number of nitrogens with one attached hydrogen (secondary N) is 1. The number of carbonyl (C=O) groups excluding carboxylic acids is 1. The number of nitriles is 1. The Morgan fingerprint density at radius 1 is 1.39 bits per heavy atom. The lowest BCUT2D eigenvalue weighted by Crippen LogP contribution is -2.40. The monoisotopic (exact) mass is 244 g/mol. The molecule has 18 heavy (non-hydrogen) atoms. The van der Waals surface area contributed by atoms with Gasteiger partial charge in [0, 0.05) is 12.4 Å². The fraction of sp³-hybridized carbons (Fsp3) is 0.538. The van der Waals surface area contributed by atoms with E-state index in [0.29, 0.717) is 0 Å². The Labute approximate surface area is 106 Å². The van der Waals surface area contributed by atoms with Crippen LogP contribution in [-0.2, 0) is 0 Å². The second-order valence-corrected chi connectivity index (χ2v) is 4.57. The van der Waals surface area contributed by atoms with Gasteiger partial charge in [0.1, 0.15) is 11.7 Å². The molecule has 1 aliphatic rings. The molecule has 0 radical (unpaired) electrons. The van der Waals surface area contributed by atoms with Crippen LogP contribution in [0.25, 0.3) is 0 Å². The van der Waals surface area contributed by atoms with Crippen LogP contribution in [0.15, 0.2) is 18.6 Å². The fourth-order valence-electron chi connectivity index (χ4n) is 2.35. The summed E-state index contributed by atoms with van der Waals surface area (Å²) in [5.41, 5.74) is 0.258. The van der Waals surface area contributed by atoms with E-state index in [1.54, 1.807) is 0 Å². The molecule has 1 unspecified atom stereocenters. The first kappa shape index (κ1) is 12.5. The highest BCUT2D eigenvalue weighted by atomic mass is 16.1. The molecule has 1 heterocycles. The summed E-state index contributed by atoms with van der Waals surface area (Å²) in [7, 11) is 0. The van der Waals surface area contributed by atoms with Crippen molar-refractivity contribution in [1.29, 1.82) is 5.26 Å². The van der Waals surface area contributed by atoms with Crippen molar-refractivity contribution >= 4 is 5.91 Å². The first-order valence-electron chi connectivity index (χ1n) is 6.28. The summed E-state index contributed by atoms with van der Waals surface area (Å²) >= 11 is 0. The average Bonchev–Trinajstić information content (AvgIpc) is 2.46. The quantitative estimate of drug-likeness (QED) is 0.877. The molecule has 1 aromatic rings. The SMILES string of the molecule is N#CC(NC(=O)c1cnccn1)C1CCCCC1. The van der Waals surface area contributed by atoms with Crippen LogP contribution in [0, 0.1) is 17.2 Å². The number of aromatic nitrogens is 2. The predicted molar refractivity (Wildman–Crippen MR) is 65.5 cm³/mol. The molecule has 1 atom stereocenters. The third kappa shape index (κ3) is 3.04. The normalized spacial score (nSPS) is 17.7. The van der Waals surface area contributed by atoms with Crippen LogP contribution in [0.2, 0.25) is 0 Å². The van der Waals surface area contributed by atoms with Crippen molar-refractivity contribution in [3.05, 3.63) is 24.3 Å². The van der Waals surface area contributed by atoms with Crippen molar-refractivity contribution in [2.45, 2.75) is 38.1 Å². The highest BCUT2D eigenvalue weighted by molar-refractivity contribution is 5.92. The molecule has 0 aliphatic heterocycles. The van der Waals surface area contributed by atoms with Gasteiger partial charge < -0.3 is 5.32 Å². The second kappa shape index (κ2) is 6.10. The Morgan fingerprint density at radius 2 is 2.17 bits per heavy atom. The highest BCUT2D eigenvalue weighted by Crippen LogP contribution is 2.26. The van der Waals surface area contributed by atoms with Crippen LogP contribution < -0.4 is 5.32 Å². The third-order valence-corrected chi connectivity index (χ3v) is 3.34. The molecule has 5 nitrogen and oxygen atoms in total. The summed E-state index contributed by atoms with van der Waals surface area (Å²) in [6.45, 7) is 0. The molecule has 1 N–H and O–H groups in total. The van der Waals surface area contributed by atoms with E-state index in [-0.39, 0.29) is 17.5 Å². The molecule has 0 saturated heterocycles. The summed E-state index contributed by atoms with van der Waals surface area (Å²) in [4.78, 5) is 19.7. The van der Waals surface area contributed by atoms with Crippen LogP contribution in [0.1, 0.15) is 42.6 Å². The van der Waals surface area contributed by atoms with E-state index in [1.807, 2.05) is 0 Å². The maximum Gasteiger partial charge on any atom is 0.272 e. The number of hydrogen-bond acceptors (Lipinski definition) is 4. The van der Waals surface area contributed by atoms with E-state index in [0.717, 1.165) is 25.7 Å². The Morgan fingerprint density at radius 3 is 2.78 bits per heavy atom. The Kier molecular flexibility index (Phi) is 4.24. The van der Waals surface area contributed by atoms with Gasteiger partial charge in [-0.1, -0.05) is 19.3 Å². The van der Waals surface area contributed by atoms with Crippen molar-refractivity contribution < 1.29 is 4.79 Å². The average molecular weight is 244 g/mol. The van der Waals surface area contributed by atoms with Gasteiger partial charge in [0.05, 0.1) is 12.3 Å². The minimum atomic E-state index is -0.417. The molecular formula is C13H16N4O. The number of rotatable bonds is 3. The maximum absolute atomic E-state index is 11.9. The standard InChI is InChI=1S/C13H16N4O/c14-8-11(10-4-2-1-3-5-10)17-13(18)12-9-15-6-7-16-12/h6-7,9-11H,1-5H2,(H,17,18). The maximum atomic E-state index is 11.9. The molecule has 0 spiro atoms. The van der Waals surface area contributed by atoms with Gasteiger partial charge in [-0.25, -0.2) is 4.98 Å². The van der Waals surface area contributed by atoms with Crippen molar-refractivity contribution in [3.63, 3.8) is 0 Å². The molecule has 0 bridgehead atoms. The van der Waals surface area contributed by atoms with Gasteiger partial charge in [-0.3, -0.25) is 9.78 Å². The summed E-state index contributed by atoms with van der Waals surface area (Å²) < 4.78 is 0. The fourth-order valence-corrected chi connectivity index (χ4v) is 2.35. The Bertz CT molecular complexity index is 434. The van der Waals surface area contributed by atoms with Crippen LogP contribution >= 0.6 is 0 Å². The van der Waals surface area contributed by atoms with Crippen LogP contribution in [0.3, 0.4) is 0 Å². The zero-order valence-electron chi connectivity index (χ0n) is 10.2. The molecule has 5 heteroatoms. The van der Waals surface area contributed by atoms with E-state index in [4.69, 9.17) is 0 Å². The van der Waals surface area contributed by atoms with Gasteiger partial charge in [-0.2, -0.15) is 5.26 Å². The number of nitrogens with zero attached hydrogens (tertiary/aromatic N) is 3. The van der Waals surface area contributed by atoms with Crippen molar-refractivity contribution in [2.24, 2.45) is 5.92 Å². The van der Waals surface area contributed by atoms with Crippen molar-refractivity contribution in [3.8, 4) is 6.07 Å². The second-order valence-electron chi connectivity index (χ2n) is 4.57. The van der Waals surface area contributed by atoms with Crippen molar-refractivity contribution in [2.75, 3.05) is 0 Å². The smallest absolute Gasteiger partial charge is 0.272 e. The van der Waals surface area contributed by atoms with Gasteiger partial charge in [-0.05, 0) is 18.8 Å². The van der Waals surface area contributed by atoms with E-state index >= 15 is 0 Å². The third-order valence-electron chi connectivity index (χ3n) is 3.34. The van der Waals surface area contributed by atoms with Gasteiger partial charge in [-0.15, -0.1) is 0 Å². The molecule has 0 aromatic carbocycles. The Balaban J connectivity index is 1.98. The molecule has 1 saturated carbocycles. The van der Waals surface area contributed by atoms with E-state index in [1.165, 1.54) is 25.0 Å². The number of hydrogen-bond donors (Lipinski definition) is 1. The zero-order chi connectivity index (χ0) is 12.8. The van der Waals surface area contributed by atoms with Gasteiger partial charge in [0.25, 0.3) is 5.91 Å². The van der Waals surface area contributed by atoms with Crippen LogP contribution in [0.4, 0.5) is 0 Å². The van der Waals surface area contributed by atoms with E-state index in [9.17, 15) is 10.1 Å². The lowest BCUT2D eigenvalue weighted by molar-refractivity contribution is 0.0923. The lowest BCUT2D eigenvalue weighted by atomic mass is 9.84. The number of amides is 1. The molecule has 1 aliphatic carbocycles. The zero-order valence-corrected chi connectivity index (χ0v) is 10.2. The summed E-state index contributed by atoms with van der Waals surface area (Å²) in [5, 5.41) is 11.9. The van der Waals surface area contributed by atoms with Crippen LogP contribution in [-0.4, -0.2) is 21.9 Å². The molecular weight excluding hydrogens is 228 g/mol. The summed E-state index contributed by atoms with van der Waals surface area (Å²) in [5.74, 6) is -0.0513. The largest absolute Gasteiger partial charge is 0.335 e. The minimum absolute atomic E-state index is 0.258. The van der Waals surface area contributed by atoms with Gasteiger partial charge in [0.15, 0.2) is 0 Å². The number of carbonyl (C=O) groups is 1. The summed E-state index contributed by atoms with van der Waals surface area (Å²) in [6, 6.07) is 1.78. The molecule has 94 valence electrons. The highest BCUT2D eigenvalue weighted by Gasteiger charge is 2.25. The predicted octanol–water partition coefficient (Wildman–Crippen LogP) is 1.68. The van der Waals surface area contributed by atoms with Crippen LogP contribution in [0.5, 0.6) is 0 Å². The summed E-state index contributed by atoms with van der Waals surface area (Å²) in [6.07, 6.45) is 9.93. The molecule has 1 amide bonds. The Hall–Kier alpha value is -1.96.